The lowest BCUT2D eigenvalue weighted by molar-refractivity contribution is 0.281. The maximum Gasteiger partial charge on any atom is 0.161 e. The van der Waals surface area contributed by atoms with Gasteiger partial charge in [-0.05, 0) is 12.1 Å². The van der Waals surface area contributed by atoms with Crippen molar-refractivity contribution in [2.24, 2.45) is 0 Å². The number of para-hydroxylation sites is 2. The first-order chi connectivity index (χ1) is 9.69. The smallest absolute Gasteiger partial charge is 0.161 e. The Morgan fingerprint density at radius 2 is 2.00 bits per heavy atom. The third-order valence-electron chi connectivity index (χ3n) is 2.71. The van der Waals surface area contributed by atoms with E-state index < -0.39 is 0 Å². The lowest BCUT2D eigenvalue weighted by Gasteiger charge is -2.08. The third-order valence-corrected chi connectivity index (χ3v) is 3.60. The van der Waals surface area contributed by atoms with Gasteiger partial charge in [0.1, 0.15) is 11.6 Å². The first-order valence-electron chi connectivity index (χ1n) is 6.61. The number of ether oxygens (including phenoxy) is 2. The van der Waals surface area contributed by atoms with Crippen molar-refractivity contribution in [1.29, 1.82) is 0 Å². The number of rotatable bonds is 7. The van der Waals surface area contributed by atoms with E-state index in [2.05, 4.69) is 24.1 Å². The second kappa shape index (κ2) is 7.26. The Kier molecular flexibility index (Phi) is 5.38. The maximum absolute atomic E-state index is 5.75. The normalized spacial score (nSPS) is 10.8. The topological polar surface area (TPSA) is 43.4 Å². The average molecular weight is 292 g/mol. The molecular weight excluding hydrogens is 272 g/mol. The van der Waals surface area contributed by atoms with Crippen LogP contribution in [0.5, 0.6) is 11.5 Å². The molecule has 1 aromatic carbocycles. The van der Waals surface area contributed by atoms with Crippen LogP contribution in [-0.4, -0.2) is 18.1 Å². The van der Waals surface area contributed by atoms with Crippen molar-refractivity contribution in [2.75, 3.05) is 7.11 Å². The van der Waals surface area contributed by atoms with Crippen molar-refractivity contribution >= 4 is 11.3 Å². The lowest BCUT2D eigenvalue weighted by Crippen LogP contribution is -2.21. The highest BCUT2D eigenvalue weighted by Gasteiger charge is 2.06. The molecule has 2 aromatic rings. The molecule has 1 N–H and O–H groups in total. The van der Waals surface area contributed by atoms with Crippen LogP contribution in [0.15, 0.2) is 29.6 Å². The van der Waals surface area contributed by atoms with Gasteiger partial charge in [0.15, 0.2) is 11.5 Å². The van der Waals surface area contributed by atoms with Crippen LogP contribution in [0.2, 0.25) is 0 Å². The summed E-state index contributed by atoms with van der Waals surface area (Å²) in [5.74, 6) is 1.48. The predicted octanol–water partition coefficient (Wildman–Crippen LogP) is 3.23. The number of benzene rings is 1. The lowest BCUT2D eigenvalue weighted by atomic mass is 10.3. The number of nitrogens with one attached hydrogen (secondary N) is 1. The van der Waals surface area contributed by atoms with E-state index in [1.54, 1.807) is 18.4 Å². The predicted molar refractivity (Wildman–Crippen MR) is 81.4 cm³/mol. The Hall–Kier alpha value is -1.59. The largest absolute Gasteiger partial charge is 0.493 e. The van der Waals surface area contributed by atoms with Crippen LogP contribution >= 0.6 is 11.3 Å². The number of nitrogens with zero attached hydrogens (tertiary/aromatic N) is 1. The number of hydrogen-bond acceptors (Lipinski definition) is 5. The van der Waals surface area contributed by atoms with Gasteiger partial charge in [-0.3, -0.25) is 0 Å². The second-order valence-corrected chi connectivity index (χ2v) is 5.65. The minimum atomic E-state index is 0.457. The Labute approximate surface area is 123 Å². The SMILES string of the molecule is COc1ccccc1OCc1csc(CNC(C)C)n1. The van der Waals surface area contributed by atoms with E-state index in [0.29, 0.717) is 12.6 Å². The molecule has 0 aliphatic carbocycles. The highest BCUT2D eigenvalue weighted by atomic mass is 32.1. The van der Waals surface area contributed by atoms with Gasteiger partial charge in [-0.15, -0.1) is 11.3 Å². The summed E-state index contributed by atoms with van der Waals surface area (Å²) in [6, 6.07) is 8.09. The summed E-state index contributed by atoms with van der Waals surface area (Å²) >= 11 is 1.65. The fourth-order valence-corrected chi connectivity index (χ4v) is 2.41. The van der Waals surface area contributed by atoms with Crippen LogP contribution in [0.3, 0.4) is 0 Å². The van der Waals surface area contributed by atoms with Gasteiger partial charge in [-0.1, -0.05) is 26.0 Å². The van der Waals surface area contributed by atoms with Gasteiger partial charge in [0.2, 0.25) is 0 Å². The van der Waals surface area contributed by atoms with E-state index >= 15 is 0 Å². The summed E-state index contributed by atoms with van der Waals surface area (Å²) in [5.41, 5.74) is 0.946. The Bertz CT molecular complexity index is 540. The molecule has 4 nitrogen and oxygen atoms in total. The molecule has 0 bridgehead atoms. The van der Waals surface area contributed by atoms with E-state index in [-0.39, 0.29) is 0 Å². The molecule has 1 heterocycles. The monoisotopic (exact) mass is 292 g/mol. The minimum absolute atomic E-state index is 0.457. The quantitative estimate of drug-likeness (QED) is 0.851. The summed E-state index contributed by atoms with van der Waals surface area (Å²) in [6.45, 7) is 5.51. The summed E-state index contributed by atoms with van der Waals surface area (Å²) < 4.78 is 11.0. The van der Waals surface area contributed by atoms with Crippen molar-refractivity contribution in [3.8, 4) is 11.5 Å². The molecule has 0 atom stereocenters. The Morgan fingerprint density at radius 3 is 2.70 bits per heavy atom. The van der Waals surface area contributed by atoms with E-state index in [1.807, 2.05) is 29.6 Å². The number of thiazole rings is 1. The van der Waals surface area contributed by atoms with Crippen LogP contribution < -0.4 is 14.8 Å². The Balaban J connectivity index is 1.91. The van der Waals surface area contributed by atoms with Gasteiger partial charge in [-0.25, -0.2) is 4.98 Å². The van der Waals surface area contributed by atoms with Gasteiger partial charge >= 0.3 is 0 Å². The molecule has 0 fully saturated rings. The van der Waals surface area contributed by atoms with Crippen molar-refractivity contribution < 1.29 is 9.47 Å². The first-order valence-corrected chi connectivity index (χ1v) is 7.49. The fraction of sp³-hybridized carbons (Fsp3) is 0.400. The second-order valence-electron chi connectivity index (χ2n) is 4.71. The minimum Gasteiger partial charge on any atom is -0.493 e. The van der Waals surface area contributed by atoms with Gasteiger partial charge in [0.25, 0.3) is 0 Å². The zero-order chi connectivity index (χ0) is 14.4. The van der Waals surface area contributed by atoms with Crippen molar-refractivity contribution in [3.63, 3.8) is 0 Å². The van der Waals surface area contributed by atoms with E-state index in [9.17, 15) is 0 Å². The molecule has 0 saturated carbocycles. The summed E-state index contributed by atoms with van der Waals surface area (Å²) in [6.07, 6.45) is 0. The van der Waals surface area contributed by atoms with Crippen LogP contribution in [0, 0.1) is 0 Å². The summed E-state index contributed by atoms with van der Waals surface area (Å²) in [4.78, 5) is 4.54. The number of aromatic nitrogens is 1. The first kappa shape index (κ1) is 14.8. The van der Waals surface area contributed by atoms with E-state index in [0.717, 1.165) is 28.7 Å². The molecule has 0 aliphatic rings. The zero-order valence-corrected chi connectivity index (χ0v) is 12.9. The van der Waals surface area contributed by atoms with Crippen LogP contribution in [0.25, 0.3) is 0 Å². The van der Waals surface area contributed by atoms with Gasteiger partial charge in [-0.2, -0.15) is 0 Å². The zero-order valence-electron chi connectivity index (χ0n) is 12.1. The molecule has 20 heavy (non-hydrogen) atoms. The van der Waals surface area contributed by atoms with Gasteiger partial charge in [0.05, 0.1) is 12.8 Å². The molecule has 0 aliphatic heterocycles. The Morgan fingerprint density at radius 1 is 1.25 bits per heavy atom. The van der Waals surface area contributed by atoms with E-state index in [1.165, 1.54) is 0 Å². The van der Waals surface area contributed by atoms with Crippen LogP contribution in [-0.2, 0) is 13.2 Å². The van der Waals surface area contributed by atoms with Crippen molar-refractivity contribution in [1.82, 2.24) is 10.3 Å². The number of methoxy groups -OCH3 is 1. The third kappa shape index (κ3) is 4.21. The average Bonchev–Trinajstić information content (AvgIpc) is 2.91. The van der Waals surface area contributed by atoms with Crippen molar-refractivity contribution in [3.05, 3.63) is 40.3 Å². The molecule has 1 aromatic heterocycles. The van der Waals surface area contributed by atoms with Gasteiger partial charge < -0.3 is 14.8 Å². The highest BCUT2D eigenvalue weighted by molar-refractivity contribution is 7.09. The molecule has 2 rings (SSSR count). The molecule has 0 radical (unpaired) electrons. The number of hydrogen-bond donors (Lipinski definition) is 1. The maximum atomic E-state index is 5.75. The molecular formula is C15H20N2O2S. The molecule has 0 amide bonds. The molecule has 108 valence electrons. The summed E-state index contributed by atoms with van der Waals surface area (Å²) in [7, 11) is 1.64. The van der Waals surface area contributed by atoms with E-state index in [4.69, 9.17) is 9.47 Å². The molecule has 0 unspecified atom stereocenters. The standard InChI is InChI=1S/C15H20N2O2S/c1-11(2)16-8-15-17-12(10-20-15)9-19-14-7-5-4-6-13(14)18-3/h4-7,10-11,16H,8-9H2,1-3H3. The van der Waals surface area contributed by atoms with Gasteiger partial charge in [0, 0.05) is 18.0 Å². The molecule has 0 spiro atoms. The van der Waals surface area contributed by atoms with Crippen LogP contribution in [0.4, 0.5) is 0 Å². The fourth-order valence-electron chi connectivity index (χ4n) is 1.68. The molecule has 0 saturated heterocycles. The molecule has 5 heteroatoms. The summed E-state index contributed by atoms with van der Waals surface area (Å²) in [5, 5.41) is 6.47. The highest BCUT2D eigenvalue weighted by Crippen LogP contribution is 2.26. The van der Waals surface area contributed by atoms with Crippen LogP contribution in [0.1, 0.15) is 24.5 Å². The van der Waals surface area contributed by atoms with Crippen molar-refractivity contribution in [2.45, 2.75) is 33.0 Å².